The van der Waals surface area contributed by atoms with Gasteiger partial charge in [0.25, 0.3) is 0 Å². The third kappa shape index (κ3) is 7.53. The molecule has 0 saturated heterocycles. The van der Waals surface area contributed by atoms with Gasteiger partial charge in [-0.25, -0.2) is 4.79 Å². The van der Waals surface area contributed by atoms with Gasteiger partial charge < -0.3 is 15.5 Å². The lowest BCUT2D eigenvalue weighted by atomic mass is 10.2. The molecule has 0 heterocycles. The molecule has 0 aromatic carbocycles. The molecule has 0 bridgehead atoms. The zero-order valence-corrected chi connectivity index (χ0v) is 10.3. The molecule has 6 heteroatoms. The molecule has 0 aliphatic heterocycles. The van der Waals surface area contributed by atoms with Crippen LogP contribution in [0.3, 0.4) is 0 Å². The molecule has 0 spiro atoms. The normalized spacial score (nSPS) is 12.1. The molecular weight excluding hydrogens is 230 g/mol. The SMILES string of the molecule is CCCCSCCC(NC(=O)CO)C(=O)O. The number of aliphatic hydroxyl groups excluding tert-OH is 1. The van der Waals surface area contributed by atoms with Gasteiger partial charge in [0.2, 0.25) is 5.91 Å². The van der Waals surface area contributed by atoms with Gasteiger partial charge in [0.05, 0.1) is 0 Å². The molecule has 1 atom stereocenters. The Kier molecular flexibility index (Phi) is 9.03. The summed E-state index contributed by atoms with van der Waals surface area (Å²) in [5.74, 6) is 0.00303. The van der Waals surface area contributed by atoms with Crippen LogP contribution in [0.15, 0.2) is 0 Å². The Bertz CT molecular complexity index is 223. The van der Waals surface area contributed by atoms with E-state index in [0.29, 0.717) is 12.2 Å². The van der Waals surface area contributed by atoms with Crippen LogP contribution in [-0.2, 0) is 9.59 Å². The third-order valence-electron chi connectivity index (χ3n) is 1.97. The number of carbonyl (C=O) groups excluding carboxylic acids is 1. The van der Waals surface area contributed by atoms with E-state index in [1.807, 2.05) is 0 Å². The van der Waals surface area contributed by atoms with Crippen molar-refractivity contribution in [3.05, 3.63) is 0 Å². The minimum Gasteiger partial charge on any atom is -0.480 e. The van der Waals surface area contributed by atoms with Crippen LogP contribution in [0.25, 0.3) is 0 Å². The first-order valence-corrected chi connectivity index (χ1v) is 6.48. The second-order valence-corrected chi connectivity index (χ2v) is 4.60. The minimum absolute atomic E-state index is 0.384. The van der Waals surface area contributed by atoms with Crippen LogP contribution in [0, 0.1) is 0 Å². The van der Waals surface area contributed by atoms with Crippen LogP contribution in [-0.4, -0.2) is 46.2 Å². The summed E-state index contributed by atoms with van der Waals surface area (Å²) in [4.78, 5) is 21.6. The molecule has 1 unspecified atom stereocenters. The number of rotatable bonds is 9. The van der Waals surface area contributed by atoms with Crippen molar-refractivity contribution in [2.45, 2.75) is 32.2 Å². The van der Waals surface area contributed by atoms with Crippen LogP contribution in [0.1, 0.15) is 26.2 Å². The van der Waals surface area contributed by atoms with Crippen molar-refractivity contribution in [1.82, 2.24) is 5.32 Å². The largest absolute Gasteiger partial charge is 0.480 e. The summed E-state index contributed by atoms with van der Waals surface area (Å²) >= 11 is 1.68. The topological polar surface area (TPSA) is 86.6 Å². The van der Waals surface area contributed by atoms with Crippen molar-refractivity contribution in [3.8, 4) is 0 Å². The fourth-order valence-corrected chi connectivity index (χ4v) is 2.15. The zero-order valence-electron chi connectivity index (χ0n) is 9.44. The molecule has 0 radical (unpaired) electrons. The van der Waals surface area contributed by atoms with Crippen LogP contribution in [0.4, 0.5) is 0 Å². The fraction of sp³-hybridized carbons (Fsp3) is 0.800. The average molecular weight is 249 g/mol. The predicted octanol–water partition coefficient (Wildman–Crippen LogP) is 0.471. The van der Waals surface area contributed by atoms with Crippen molar-refractivity contribution < 1.29 is 19.8 Å². The molecule has 16 heavy (non-hydrogen) atoms. The molecule has 0 aromatic rings. The van der Waals surface area contributed by atoms with Crippen molar-refractivity contribution >= 4 is 23.6 Å². The lowest BCUT2D eigenvalue weighted by Crippen LogP contribution is -2.42. The van der Waals surface area contributed by atoms with E-state index in [4.69, 9.17) is 10.2 Å². The molecule has 0 rings (SSSR count). The van der Waals surface area contributed by atoms with Gasteiger partial charge in [0.15, 0.2) is 0 Å². The molecule has 1 amide bonds. The number of aliphatic hydroxyl groups is 1. The van der Waals surface area contributed by atoms with Crippen LogP contribution < -0.4 is 5.32 Å². The monoisotopic (exact) mass is 249 g/mol. The van der Waals surface area contributed by atoms with E-state index in [-0.39, 0.29) is 0 Å². The number of carbonyl (C=O) groups is 2. The predicted molar refractivity (Wildman–Crippen MR) is 63.5 cm³/mol. The maximum Gasteiger partial charge on any atom is 0.326 e. The summed E-state index contributed by atoms with van der Waals surface area (Å²) in [6, 6.07) is -0.895. The van der Waals surface area contributed by atoms with E-state index < -0.39 is 24.5 Å². The van der Waals surface area contributed by atoms with Gasteiger partial charge >= 0.3 is 5.97 Å². The van der Waals surface area contributed by atoms with Crippen molar-refractivity contribution in [3.63, 3.8) is 0 Å². The molecular formula is C10H19NO4S. The average Bonchev–Trinajstić information content (AvgIpc) is 2.26. The third-order valence-corrected chi connectivity index (χ3v) is 3.07. The summed E-state index contributed by atoms with van der Waals surface area (Å²) in [6.07, 6.45) is 2.62. The second kappa shape index (κ2) is 9.47. The lowest BCUT2D eigenvalue weighted by molar-refractivity contribution is -0.142. The zero-order chi connectivity index (χ0) is 12.4. The summed E-state index contributed by atoms with van der Waals surface area (Å²) in [5, 5.41) is 19.6. The molecule has 0 fully saturated rings. The highest BCUT2D eigenvalue weighted by molar-refractivity contribution is 7.99. The number of amides is 1. The minimum atomic E-state index is -1.06. The first kappa shape index (κ1) is 15.2. The Morgan fingerprint density at radius 3 is 2.56 bits per heavy atom. The molecule has 0 aliphatic carbocycles. The van der Waals surface area contributed by atoms with Crippen molar-refractivity contribution in [2.75, 3.05) is 18.1 Å². The molecule has 5 nitrogen and oxygen atoms in total. The Balaban J connectivity index is 3.77. The molecule has 3 N–H and O–H groups in total. The van der Waals surface area contributed by atoms with E-state index in [1.165, 1.54) is 0 Å². The number of carboxylic acid groups (broad SMARTS) is 1. The van der Waals surface area contributed by atoms with Crippen LogP contribution >= 0.6 is 11.8 Å². The molecule has 0 aliphatic rings. The maximum atomic E-state index is 10.8. The Labute approximate surface area is 99.6 Å². The van der Waals surface area contributed by atoms with E-state index in [9.17, 15) is 9.59 Å². The summed E-state index contributed by atoms with van der Waals surface area (Å²) in [7, 11) is 0. The van der Waals surface area contributed by atoms with Gasteiger partial charge in [0, 0.05) is 0 Å². The fourth-order valence-electron chi connectivity index (χ4n) is 1.05. The smallest absolute Gasteiger partial charge is 0.326 e. The highest BCUT2D eigenvalue weighted by Gasteiger charge is 2.18. The first-order chi connectivity index (χ1) is 7.61. The van der Waals surface area contributed by atoms with Crippen molar-refractivity contribution in [1.29, 1.82) is 0 Å². The van der Waals surface area contributed by atoms with Crippen LogP contribution in [0.2, 0.25) is 0 Å². The number of unbranched alkanes of at least 4 members (excludes halogenated alkanes) is 1. The van der Waals surface area contributed by atoms with Crippen molar-refractivity contribution in [2.24, 2.45) is 0 Å². The standard InChI is InChI=1S/C10H19NO4S/c1-2-3-5-16-6-4-8(10(14)15)11-9(13)7-12/h8,12H,2-7H2,1H3,(H,11,13)(H,14,15). The highest BCUT2D eigenvalue weighted by Crippen LogP contribution is 2.08. The maximum absolute atomic E-state index is 10.8. The summed E-state index contributed by atoms with van der Waals surface area (Å²) in [6.45, 7) is 1.43. The van der Waals surface area contributed by atoms with E-state index in [0.717, 1.165) is 18.6 Å². The highest BCUT2D eigenvalue weighted by atomic mass is 32.2. The molecule has 0 aromatic heterocycles. The van der Waals surface area contributed by atoms with Crippen LogP contribution in [0.5, 0.6) is 0 Å². The number of carboxylic acids is 1. The second-order valence-electron chi connectivity index (χ2n) is 3.37. The first-order valence-electron chi connectivity index (χ1n) is 5.32. The summed E-state index contributed by atoms with van der Waals surface area (Å²) < 4.78 is 0. The van der Waals surface area contributed by atoms with Gasteiger partial charge in [-0.05, 0) is 24.3 Å². The number of hydrogen-bond acceptors (Lipinski definition) is 4. The summed E-state index contributed by atoms with van der Waals surface area (Å²) in [5.41, 5.74) is 0. The number of hydrogen-bond donors (Lipinski definition) is 3. The quantitative estimate of drug-likeness (QED) is 0.517. The lowest BCUT2D eigenvalue weighted by Gasteiger charge is -2.13. The number of nitrogens with one attached hydrogen (secondary N) is 1. The number of thioether (sulfide) groups is 1. The Morgan fingerprint density at radius 2 is 2.06 bits per heavy atom. The van der Waals surface area contributed by atoms with Gasteiger partial charge in [-0.3, -0.25) is 4.79 Å². The Hall–Kier alpha value is -0.750. The van der Waals surface area contributed by atoms with E-state index >= 15 is 0 Å². The van der Waals surface area contributed by atoms with Gasteiger partial charge in [0.1, 0.15) is 12.6 Å². The van der Waals surface area contributed by atoms with Gasteiger partial charge in [-0.1, -0.05) is 13.3 Å². The number of aliphatic carboxylic acids is 1. The van der Waals surface area contributed by atoms with E-state index in [2.05, 4.69) is 12.2 Å². The Morgan fingerprint density at radius 1 is 1.38 bits per heavy atom. The molecule has 94 valence electrons. The van der Waals surface area contributed by atoms with Gasteiger partial charge in [-0.15, -0.1) is 0 Å². The molecule has 0 saturated carbocycles. The van der Waals surface area contributed by atoms with Gasteiger partial charge in [-0.2, -0.15) is 11.8 Å². The van der Waals surface area contributed by atoms with E-state index in [1.54, 1.807) is 11.8 Å².